The number of rotatable bonds is 10. The summed E-state index contributed by atoms with van der Waals surface area (Å²) in [7, 11) is 2.08. The highest BCUT2D eigenvalue weighted by Gasteiger charge is 2.30. The zero-order valence-corrected chi connectivity index (χ0v) is 27.9. The van der Waals surface area contributed by atoms with Gasteiger partial charge in [0.25, 0.3) is 0 Å². The molecule has 0 aromatic heterocycles. The predicted molar refractivity (Wildman–Crippen MR) is 170 cm³/mol. The van der Waals surface area contributed by atoms with E-state index in [9.17, 15) is 0 Å². The van der Waals surface area contributed by atoms with Crippen LogP contribution in [0, 0.1) is 0 Å². The lowest BCUT2D eigenvalue weighted by molar-refractivity contribution is 0.0496. The summed E-state index contributed by atoms with van der Waals surface area (Å²) in [6, 6.07) is 17.0. The Bertz CT molecular complexity index is 1480. The van der Waals surface area contributed by atoms with Crippen LogP contribution < -0.4 is 9.47 Å². The number of halogens is 2. The second-order valence-electron chi connectivity index (χ2n) is 10.8. The number of hydrogen-bond donors (Lipinski definition) is 0. The van der Waals surface area contributed by atoms with Crippen LogP contribution >= 0.6 is 31.9 Å². The number of hydrogen-bond acceptors (Lipinski definition) is 5. The van der Waals surface area contributed by atoms with Crippen LogP contribution in [0.2, 0.25) is 13.1 Å². The van der Waals surface area contributed by atoms with Gasteiger partial charge in [-0.2, -0.15) is 0 Å². The minimum absolute atomic E-state index is 0.103. The summed E-state index contributed by atoms with van der Waals surface area (Å²) in [5.41, 5.74) is 3.98. The summed E-state index contributed by atoms with van der Waals surface area (Å²) >= 11 is 7.76. The van der Waals surface area contributed by atoms with E-state index in [2.05, 4.69) is 102 Å². The van der Waals surface area contributed by atoms with E-state index >= 15 is 0 Å². The van der Waals surface area contributed by atoms with Gasteiger partial charge in [0.1, 0.15) is 11.5 Å². The van der Waals surface area contributed by atoms with Crippen molar-refractivity contribution in [3.05, 3.63) is 68.6 Å². The molecule has 0 fully saturated rings. The molecular weight excluding hydrogens is 640 g/mol. The molecule has 0 spiro atoms. The van der Waals surface area contributed by atoms with Crippen molar-refractivity contribution in [3.63, 3.8) is 0 Å². The van der Waals surface area contributed by atoms with Crippen LogP contribution in [0.25, 0.3) is 32.7 Å². The lowest BCUT2D eigenvalue weighted by atomic mass is 9.80. The number of benzene rings is 4. The molecule has 4 aromatic rings. The van der Waals surface area contributed by atoms with Crippen LogP contribution in [0.5, 0.6) is 11.5 Å². The maximum atomic E-state index is 6.38. The van der Waals surface area contributed by atoms with E-state index < -0.39 is 9.04 Å². The topological polar surface area (TPSA) is 46.2 Å². The Labute approximate surface area is 249 Å². The molecule has 0 saturated heterocycles. The highest BCUT2D eigenvalue weighted by Crippen LogP contribution is 2.53. The molecule has 0 amide bonds. The normalized spacial score (nSPS) is 12.1. The Balaban J connectivity index is 2.19. The molecule has 5 nitrogen and oxygen atoms in total. The Morgan fingerprint density at radius 2 is 1.41 bits per heavy atom. The Morgan fingerprint density at radius 1 is 0.769 bits per heavy atom. The largest absolute Gasteiger partial charge is 0.466 e. The molecule has 0 N–H and O–H groups in total. The smallest absolute Gasteiger partial charge is 0.188 e. The molecule has 0 aliphatic carbocycles. The van der Waals surface area contributed by atoms with Crippen LogP contribution in [-0.4, -0.2) is 36.8 Å². The zero-order chi connectivity index (χ0) is 28.3. The van der Waals surface area contributed by atoms with Crippen molar-refractivity contribution in [2.75, 3.05) is 27.8 Å². The van der Waals surface area contributed by atoms with E-state index in [4.69, 9.17) is 23.4 Å². The number of ether oxygens (including phenoxy) is 4. The summed E-state index contributed by atoms with van der Waals surface area (Å²) in [4.78, 5) is 0. The van der Waals surface area contributed by atoms with Gasteiger partial charge in [0.2, 0.25) is 0 Å². The van der Waals surface area contributed by atoms with Gasteiger partial charge in [0.15, 0.2) is 22.6 Å². The maximum absolute atomic E-state index is 6.38. The van der Waals surface area contributed by atoms with E-state index in [1.54, 1.807) is 14.2 Å². The third-order valence-corrected chi connectivity index (χ3v) is 8.63. The van der Waals surface area contributed by atoms with Crippen LogP contribution in [0.1, 0.15) is 31.9 Å². The van der Waals surface area contributed by atoms with Gasteiger partial charge in [0, 0.05) is 25.3 Å². The molecule has 0 atom stereocenters. The molecule has 0 aliphatic rings. The number of fused-ring (bicyclic) bond motifs is 2. The highest BCUT2D eigenvalue weighted by molar-refractivity contribution is 9.11. The van der Waals surface area contributed by atoms with E-state index in [0.717, 1.165) is 52.7 Å². The van der Waals surface area contributed by atoms with Gasteiger partial charge < -0.3 is 23.4 Å². The van der Waals surface area contributed by atoms with Crippen molar-refractivity contribution in [1.82, 2.24) is 0 Å². The van der Waals surface area contributed by atoms with Crippen molar-refractivity contribution in [1.29, 1.82) is 0 Å². The van der Waals surface area contributed by atoms with Crippen molar-refractivity contribution in [2.24, 2.45) is 0 Å². The second-order valence-corrected chi connectivity index (χ2v) is 14.8. The van der Waals surface area contributed by atoms with E-state index in [0.29, 0.717) is 18.1 Å². The monoisotopic (exact) mass is 674 g/mol. The maximum Gasteiger partial charge on any atom is 0.188 e. The Kier molecular flexibility index (Phi) is 9.78. The third-order valence-electron chi connectivity index (χ3n) is 6.45. The van der Waals surface area contributed by atoms with E-state index in [-0.39, 0.29) is 19.0 Å². The Hall–Kier alpha value is -1.94. The molecule has 0 bridgehead atoms. The van der Waals surface area contributed by atoms with Gasteiger partial charge in [-0.15, -0.1) is 0 Å². The number of methoxy groups -OCH3 is 2. The van der Waals surface area contributed by atoms with Gasteiger partial charge >= 0.3 is 0 Å². The van der Waals surface area contributed by atoms with Crippen molar-refractivity contribution < 1.29 is 23.4 Å². The third kappa shape index (κ3) is 6.37. The van der Waals surface area contributed by atoms with Crippen molar-refractivity contribution in [3.8, 4) is 22.6 Å². The second kappa shape index (κ2) is 12.7. The summed E-state index contributed by atoms with van der Waals surface area (Å²) in [6.45, 7) is 11.9. The summed E-state index contributed by atoms with van der Waals surface area (Å²) < 4.78 is 31.2. The first-order chi connectivity index (χ1) is 18.6. The molecule has 4 aromatic carbocycles. The molecule has 208 valence electrons. The van der Waals surface area contributed by atoms with Crippen LogP contribution in [0.3, 0.4) is 0 Å². The Morgan fingerprint density at radius 3 is 2.05 bits per heavy atom. The van der Waals surface area contributed by atoms with Crippen LogP contribution in [-0.2, 0) is 25.9 Å². The molecule has 4 rings (SSSR count). The minimum Gasteiger partial charge on any atom is -0.466 e. The van der Waals surface area contributed by atoms with Crippen molar-refractivity contribution >= 4 is 62.4 Å². The molecular formula is C31H36Br2O5Si. The van der Waals surface area contributed by atoms with E-state index in [1.807, 2.05) is 12.1 Å². The lowest BCUT2D eigenvalue weighted by Crippen LogP contribution is -2.15. The molecule has 0 unspecified atom stereocenters. The molecule has 39 heavy (non-hydrogen) atoms. The molecule has 0 aliphatic heterocycles. The first kappa shape index (κ1) is 30.0. The van der Waals surface area contributed by atoms with Gasteiger partial charge in [-0.3, -0.25) is 0 Å². The molecule has 0 heterocycles. The average Bonchev–Trinajstić information content (AvgIpc) is 2.88. The molecule has 0 radical (unpaired) electrons. The van der Waals surface area contributed by atoms with Crippen molar-refractivity contribution in [2.45, 2.75) is 45.9 Å². The fourth-order valence-corrected chi connectivity index (χ4v) is 7.08. The quantitative estimate of drug-likeness (QED) is 0.124. The predicted octanol–water partition coefficient (Wildman–Crippen LogP) is 8.95. The van der Waals surface area contributed by atoms with Crippen LogP contribution in [0.15, 0.2) is 57.5 Å². The van der Waals surface area contributed by atoms with Gasteiger partial charge in [-0.25, -0.2) is 0 Å². The van der Waals surface area contributed by atoms with E-state index in [1.165, 1.54) is 0 Å². The average molecular weight is 677 g/mol. The minimum atomic E-state index is -1.17. The lowest BCUT2D eigenvalue weighted by Gasteiger charge is -2.28. The van der Waals surface area contributed by atoms with Gasteiger partial charge in [0.05, 0.1) is 15.6 Å². The SMILES string of the molecule is COCOc1c(Br)cc2ccccc2c1-c1c(OCOC)c(Br)c(C(C)(C)C)c2cc(CO[SiH](C)C)ccc12. The summed E-state index contributed by atoms with van der Waals surface area (Å²) in [6.07, 6.45) is 0. The zero-order valence-electron chi connectivity index (χ0n) is 23.6. The highest BCUT2D eigenvalue weighted by atomic mass is 79.9. The summed E-state index contributed by atoms with van der Waals surface area (Å²) in [5.74, 6) is 1.39. The standard InChI is InChI=1S/C31H36Br2O5Si/c1-31(2,3)27-23-14-19(16-38-39(6)7)12-13-22(23)26(30(28(27)33)37-18-35-5)25-21-11-9-8-10-20(21)15-24(32)29(25)36-17-34-4/h8-15,39H,16-18H2,1-7H3. The summed E-state index contributed by atoms with van der Waals surface area (Å²) in [5, 5.41) is 4.33. The fourth-order valence-electron chi connectivity index (χ4n) is 4.87. The molecule has 8 heteroatoms. The van der Waals surface area contributed by atoms with Gasteiger partial charge in [-0.05, 0) is 95.2 Å². The van der Waals surface area contributed by atoms with Gasteiger partial charge in [-0.1, -0.05) is 57.2 Å². The molecule has 0 saturated carbocycles. The fraction of sp³-hybridized carbons (Fsp3) is 0.355. The van der Waals surface area contributed by atoms with Crippen LogP contribution in [0.4, 0.5) is 0 Å². The first-order valence-corrected chi connectivity index (χ1v) is 17.3. The first-order valence-electron chi connectivity index (χ1n) is 12.9.